The molecule has 0 N–H and O–H groups in total. The lowest BCUT2D eigenvalue weighted by atomic mass is 10.0. The zero-order chi connectivity index (χ0) is 25.8. The first kappa shape index (κ1) is 24.8. The maximum atomic E-state index is 12.6. The summed E-state index contributed by atoms with van der Waals surface area (Å²) in [6, 6.07) is 24.9. The Labute approximate surface area is 216 Å². The average Bonchev–Trinajstić information content (AvgIpc) is 3.27. The first-order valence-corrected chi connectivity index (χ1v) is 12.9. The molecule has 0 aliphatic carbocycles. The van der Waals surface area contributed by atoms with E-state index in [9.17, 15) is 9.59 Å². The second kappa shape index (κ2) is 11.0. The molecule has 1 saturated heterocycles. The van der Waals surface area contributed by atoms with Crippen LogP contribution in [0, 0.1) is 5.92 Å². The molecular weight excluding hydrogens is 466 g/mol. The Morgan fingerprint density at radius 2 is 1.68 bits per heavy atom. The van der Waals surface area contributed by atoms with Crippen molar-refractivity contribution in [3.05, 3.63) is 88.9 Å². The van der Waals surface area contributed by atoms with Gasteiger partial charge in [-0.15, -0.1) is 0 Å². The third kappa shape index (κ3) is 5.47. The first-order valence-electron chi connectivity index (χ1n) is 12.9. The van der Waals surface area contributed by atoms with Crippen molar-refractivity contribution < 1.29 is 13.9 Å². The van der Waals surface area contributed by atoms with Gasteiger partial charge in [-0.1, -0.05) is 68.4 Å². The first-order chi connectivity index (χ1) is 18.0. The third-order valence-electron chi connectivity index (χ3n) is 7.18. The molecule has 0 amide bonds. The van der Waals surface area contributed by atoms with E-state index in [4.69, 9.17) is 9.15 Å². The van der Waals surface area contributed by atoms with E-state index in [1.54, 1.807) is 0 Å². The zero-order valence-electron chi connectivity index (χ0n) is 21.4. The lowest BCUT2D eigenvalue weighted by molar-refractivity contribution is -0.151. The number of para-hydroxylation sites is 1. The van der Waals surface area contributed by atoms with E-state index in [0.29, 0.717) is 17.5 Å². The largest absolute Gasteiger partial charge is 0.443 e. The van der Waals surface area contributed by atoms with Crippen molar-refractivity contribution in [3.8, 4) is 11.1 Å². The van der Waals surface area contributed by atoms with Crippen LogP contribution >= 0.6 is 0 Å². The second-order valence-electron chi connectivity index (χ2n) is 9.65. The molecule has 0 spiro atoms. The number of aromatic nitrogens is 1. The van der Waals surface area contributed by atoms with Crippen molar-refractivity contribution in [2.24, 2.45) is 5.92 Å². The zero-order valence-corrected chi connectivity index (χ0v) is 21.4. The Bertz CT molecular complexity index is 1420. The molecule has 5 rings (SSSR count). The Morgan fingerprint density at radius 1 is 0.946 bits per heavy atom. The smallest absolute Gasteiger partial charge is 0.422 e. The summed E-state index contributed by atoms with van der Waals surface area (Å²) in [6.07, 6.45) is 0.689. The molecule has 0 bridgehead atoms. The maximum Gasteiger partial charge on any atom is 0.422 e. The van der Waals surface area contributed by atoms with E-state index < -0.39 is 5.76 Å². The topological polar surface area (TPSA) is 67.9 Å². The van der Waals surface area contributed by atoms with Crippen molar-refractivity contribution in [2.75, 3.05) is 31.1 Å². The van der Waals surface area contributed by atoms with Crippen molar-refractivity contribution >= 4 is 22.8 Å². The van der Waals surface area contributed by atoms with Gasteiger partial charge < -0.3 is 14.1 Å². The minimum absolute atomic E-state index is 0.145. The average molecular weight is 500 g/mol. The van der Waals surface area contributed by atoms with Crippen LogP contribution in [0.5, 0.6) is 0 Å². The molecule has 2 heterocycles. The monoisotopic (exact) mass is 499 g/mol. The van der Waals surface area contributed by atoms with Gasteiger partial charge in [-0.3, -0.25) is 9.69 Å². The predicted octanol–water partition coefficient (Wildman–Crippen LogP) is 5.13. The lowest BCUT2D eigenvalue weighted by Crippen LogP contribution is -2.46. The summed E-state index contributed by atoms with van der Waals surface area (Å²) in [5.74, 6) is -1.04. The SMILES string of the molecule is CCC(C)C(=O)OCn1c(=O)oc2c(N3CCN(Cc4cccc(-c5ccccc5)c4)CC3)cccc21. The number of hydrogen-bond acceptors (Lipinski definition) is 6. The summed E-state index contributed by atoms with van der Waals surface area (Å²) in [5, 5.41) is 0. The molecule has 1 fully saturated rings. The van der Waals surface area contributed by atoms with E-state index in [-0.39, 0.29) is 18.6 Å². The Morgan fingerprint density at radius 3 is 2.43 bits per heavy atom. The van der Waals surface area contributed by atoms with Crippen LogP contribution in [0.1, 0.15) is 25.8 Å². The number of carbonyl (C=O) groups excluding carboxylic acids is 1. The van der Waals surface area contributed by atoms with Crippen LogP contribution in [0.4, 0.5) is 5.69 Å². The summed E-state index contributed by atoms with van der Waals surface area (Å²) >= 11 is 0. The fraction of sp³-hybridized carbons (Fsp3) is 0.333. The quantitative estimate of drug-likeness (QED) is 0.313. The number of hydrogen-bond donors (Lipinski definition) is 0. The minimum Gasteiger partial charge on any atom is -0.443 e. The summed E-state index contributed by atoms with van der Waals surface area (Å²) in [4.78, 5) is 29.4. The molecule has 3 aromatic carbocycles. The molecule has 7 heteroatoms. The molecule has 37 heavy (non-hydrogen) atoms. The standard InChI is InChI=1S/C30H33N3O4/c1-3-22(2)29(34)36-21-33-27-14-8-13-26(28(27)37-30(33)35)32-17-15-31(16-18-32)20-23-9-7-12-25(19-23)24-10-5-4-6-11-24/h4-14,19,22H,3,15-18,20-21H2,1-2H3. The van der Waals surface area contributed by atoms with Gasteiger partial charge in [-0.25, -0.2) is 9.36 Å². The molecule has 1 atom stereocenters. The summed E-state index contributed by atoms with van der Waals surface area (Å²) < 4.78 is 12.4. The molecule has 192 valence electrons. The van der Waals surface area contributed by atoms with Gasteiger partial charge in [0.2, 0.25) is 0 Å². The Hall–Kier alpha value is -3.84. The maximum absolute atomic E-state index is 12.6. The molecule has 1 aromatic heterocycles. The summed E-state index contributed by atoms with van der Waals surface area (Å²) in [7, 11) is 0. The number of rotatable bonds is 8. The second-order valence-corrected chi connectivity index (χ2v) is 9.65. The van der Waals surface area contributed by atoms with Crippen LogP contribution < -0.4 is 10.7 Å². The van der Waals surface area contributed by atoms with Gasteiger partial charge >= 0.3 is 11.7 Å². The van der Waals surface area contributed by atoms with Crippen LogP contribution in [-0.4, -0.2) is 41.6 Å². The van der Waals surface area contributed by atoms with E-state index in [1.807, 2.05) is 38.1 Å². The van der Waals surface area contributed by atoms with Gasteiger partial charge in [0.05, 0.1) is 17.1 Å². The number of fused-ring (bicyclic) bond motifs is 1. The van der Waals surface area contributed by atoms with Gasteiger partial charge in [-0.2, -0.15) is 0 Å². The van der Waals surface area contributed by atoms with Gasteiger partial charge in [0.1, 0.15) is 0 Å². The summed E-state index contributed by atoms with van der Waals surface area (Å²) in [6.45, 7) is 7.97. The van der Waals surface area contributed by atoms with E-state index >= 15 is 0 Å². The Balaban J connectivity index is 1.25. The summed E-state index contributed by atoms with van der Waals surface area (Å²) in [5.41, 5.74) is 5.83. The molecule has 1 aliphatic rings. The third-order valence-corrected chi connectivity index (χ3v) is 7.18. The van der Waals surface area contributed by atoms with Crippen LogP contribution in [-0.2, 0) is 22.8 Å². The molecule has 1 aliphatic heterocycles. The minimum atomic E-state index is -0.517. The van der Waals surface area contributed by atoms with Gasteiger partial charge in [0, 0.05) is 32.7 Å². The highest BCUT2D eigenvalue weighted by Crippen LogP contribution is 2.28. The van der Waals surface area contributed by atoms with Crippen LogP contribution in [0.3, 0.4) is 0 Å². The van der Waals surface area contributed by atoms with Gasteiger partial charge in [-0.05, 0) is 41.3 Å². The number of esters is 1. The highest BCUT2D eigenvalue weighted by molar-refractivity contribution is 5.87. The van der Waals surface area contributed by atoms with Crippen LogP contribution in [0.2, 0.25) is 0 Å². The van der Waals surface area contributed by atoms with Gasteiger partial charge in [0.25, 0.3) is 0 Å². The molecule has 1 unspecified atom stereocenters. The van der Waals surface area contributed by atoms with Crippen molar-refractivity contribution in [3.63, 3.8) is 0 Å². The number of anilines is 1. The lowest BCUT2D eigenvalue weighted by Gasteiger charge is -2.36. The van der Waals surface area contributed by atoms with Crippen molar-refractivity contribution in [2.45, 2.75) is 33.5 Å². The highest BCUT2D eigenvalue weighted by atomic mass is 16.5. The van der Waals surface area contributed by atoms with E-state index in [0.717, 1.165) is 38.4 Å². The van der Waals surface area contributed by atoms with Gasteiger partial charge in [0.15, 0.2) is 12.3 Å². The number of piperazine rings is 1. The number of ether oxygens (including phenoxy) is 1. The highest BCUT2D eigenvalue weighted by Gasteiger charge is 2.22. The number of nitrogens with zero attached hydrogens (tertiary/aromatic N) is 3. The normalized spacial score (nSPS) is 15.1. The molecule has 4 aromatic rings. The fourth-order valence-corrected chi connectivity index (χ4v) is 4.76. The number of benzene rings is 3. The Kier molecular flexibility index (Phi) is 7.42. The predicted molar refractivity (Wildman–Crippen MR) is 145 cm³/mol. The van der Waals surface area contributed by atoms with Crippen LogP contribution in [0.25, 0.3) is 22.2 Å². The fourth-order valence-electron chi connectivity index (χ4n) is 4.76. The van der Waals surface area contributed by atoms with Crippen molar-refractivity contribution in [1.82, 2.24) is 9.47 Å². The molecular formula is C30H33N3O4. The molecule has 0 radical (unpaired) electrons. The van der Waals surface area contributed by atoms with Crippen molar-refractivity contribution in [1.29, 1.82) is 0 Å². The number of carbonyl (C=O) groups is 1. The van der Waals surface area contributed by atoms with E-state index in [2.05, 4.69) is 58.3 Å². The number of oxazole rings is 1. The van der Waals surface area contributed by atoms with Crippen LogP contribution in [0.15, 0.2) is 82.0 Å². The van der Waals surface area contributed by atoms with E-state index in [1.165, 1.54) is 21.3 Å². The molecule has 0 saturated carbocycles. The molecule has 7 nitrogen and oxygen atoms in total.